The minimum atomic E-state index is -0.555. The SMILES string of the molecule is COC(=O)C(CN=[N+]=[N-])NC(C)C. The van der Waals surface area contributed by atoms with Crippen LogP contribution in [0.25, 0.3) is 10.4 Å². The number of carbonyl (C=O) groups excluding carboxylic acids is 1. The first-order valence-electron chi connectivity index (χ1n) is 3.96. The number of azide groups is 1. The van der Waals surface area contributed by atoms with Crippen LogP contribution in [-0.2, 0) is 9.53 Å². The van der Waals surface area contributed by atoms with Crippen molar-refractivity contribution >= 4 is 5.97 Å². The highest BCUT2D eigenvalue weighted by Gasteiger charge is 2.18. The number of nitrogens with one attached hydrogen (secondary N) is 1. The van der Waals surface area contributed by atoms with Crippen LogP contribution in [0.2, 0.25) is 0 Å². The quantitative estimate of drug-likeness (QED) is 0.298. The zero-order valence-corrected chi connectivity index (χ0v) is 8.02. The number of hydrogen-bond acceptors (Lipinski definition) is 4. The first kappa shape index (κ1) is 11.7. The highest BCUT2D eigenvalue weighted by molar-refractivity contribution is 5.75. The second kappa shape index (κ2) is 6.28. The smallest absolute Gasteiger partial charge is 0.322 e. The van der Waals surface area contributed by atoms with E-state index in [2.05, 4.69) is 20.1 Å². The molecule has 0 aliphatic carbocycles. The van der Waals surface area contributed by atoms with Gasteiger partial charge < -0.3 is 10.1 Å². The van der Waals surface area contributed by atoms with Crippen LogP contribution >= 0.6 is 0 Å². The van der Waals surface area contributed by atoms with Crippen molar-refractivity contribution in [2.75, 3.05) is 13.7 Å². The van der Waals surface area contributed by atoms with E-state index < -0.39 is 12.0 Å². The van der Waals surface area contributed by atoms with Gasteiger partial charge in [0.2, 0.25) is 0 Å². The number of esters is 1. The minimum absolute atomic E-state index is 0.0708. The van der Waals surface area contributed by atoms with Gasteiger partial charge in [-0.05, 0) is 5.53 Å². The molecule has 0 heterocycles. The van der Waals surface area contributed by atoms with Crippen molar-refractivity contribution < 1.29 is 9.53 Å². The van der Waals surface area contributed by atoms with Crippen molar-refractivity contribution in [3.05, 3.63) is 10.4 Å². The third-order valence-corrected chi connectivity index (χ3v) is 1.35. The summed E-state index contributed by atoms with van der Waals surface area (Å²) in [6.07, 6.45) is 0. The summed E-state index contributed by atoms with van der Waals surface area (Å²) < 4.78 is 4.53. The van der Waals surface area contributed by atoms with Gasteiger partial charge in [0.25, 0.3) is 0 Å². The van der Waals surface area contributed by atoms with Crippen LogP contribution in [0.4, 0.5) is 0 Å². The molecule has 74 valence electrons. The van der Waals surface area contributed by atoms with Gasteiger partial charge in [-0.2, -0.15) is 0 Å². The molecular weight excluding hydrogens is 172 g/mol. The molecule has 13 heavy (non-hydrogen) atoms. The molecule has 0 aromatic carbocycles. The normalized spacial score (nSPS) is 12.0. The predicted molar refractivity (Wildman–Crippen MR) is 48.1 cm³/mol. The second-order valence-corrected chi connectivity index (χ2v) is 2.81. The Kier molecular flexibility index (Phi) is 5.67. The Morgan fingerprint density at radius 2 is 2.31 bits per heavy atom. The Balaban J connectivity index is 4.17. The summed E-state index contributed by atoms with van der Waals surface area (Å²) in [4.78, 5) is 13.7. The van der Waals surface area contributed by atoms with Crippen LogP contribution in [0.1, 0.15) is 13.8 Å². The van der Waals surface area contributed by atoms with E-state index in [1.165, 1.54) is 7.11 Å². The molecule has 0 fully saturated rings. The van der Waals surface area contributed by atoms with Gasteiger partial charge in [0.15, 0.2) is 0 Å². The molecule has 0 saturated carbocycles. The third kappa shape index (κ3) is 5.05. The summed E-state index contributed by atoms with van der Waals surface area (Å²) >= 11 is 0. The Morgan fingerprint density at radius 3 is 2.69 bits per heavy atom. The van der Waals surface area contributed by atoms with E-state index in [0.717, 1.165) is 0 Å². The van der Waals surface area contributed by atoms with Crippen molar-refractivity contribution in [2.45, 2.75) is 25.9 Å². The highest BCUT2D eigenvalue weighted by atomic mass is 16.5. The molecule has 0 amide bonds. The van der Waals surface area contributed by atoms with E-state index in [1.807, 2.05) is 13.8 Å². The molecule has 0 spiro atoms. The molecule has 6 nitrogen and oxygen atoms in total. The van der Waals surface area contributed by atoms with Gasteiger partial charge in [-0.1, -0.05) is 19.0 Å². The number of carbonyl (C=O) groups is 1. The van der Waals surface area contributed by atoms with Crippen molar-refractivity contribution in [3.63, 3.8) is 0 Å². The molecule has 1 N–H and O–H groups in total. The maximum absolute atomic E-state index is 11.1. The van der Waals surface area contributed by atoms with Crippen LogP contribution in [0, 0.1) is 0 Å². The lowest BCUT2D eigenvalue weighted by atomic mass is 10.2. The Bertz CT molecular complexity index is 211. The first-order valence-corrected chi connectivity index (χ1v) is 3.96. The number of rotatable bonds is 5. The van der Waals surface area contributed by atoms with E-state index in [-0.39, 0.29) is 12.6 Å². The van der Waals surface area contributed by atoms with Crippen LogP contribution in [0.15, 0.2) is 5.11 Å². The van der Waals surface area contributed by atoms with Gasteiger partial charge in [-0.25, -0.2) is 0 Å². The molecule has 0 saturated heterocycles. The average Bonchev–Trinajstić information content (AvgIpc) is 2.10. The molecule has 0 aliphatic rings. The number of hydrogen-bond donors (Lipinski definition) is 1. The van der Waals surface area contributed by atoms with E-state index in [0.29, 0.717) is 0 Å². The fourth-order valence-electron chi connectivity index (χ4n) is 0.858. The molecule has 0 bridgehead atoms. The molecule has 6 heteroatoms. The maximum Gasteiger partial charge on any atom is 0.322 e. The lowest BCUT2D eigenvalue weighted by Gasteiger charge is -2.16. The summed E-state index contributed by atoms with van der Waals surface area (Å²) in [6, 6.07) is -0.418. The fourth-order valence-corrected chi connectivity index (χ4v) is 0.858. The molecule has 1 unspecified atom stereocenters. The summed E-state index contributed by atoms with van der Waals surface area (Å²) in [6.45, 7) is 3.86. The van der Waals surface area contributed by atoms with Crippen LogP contribution in [-0.4, -0.2) is 31.7 Å². The van der Waals surface area contributed by atoms with E-state index in [4.69, 9.17) is 5.53 Å². The van der Waals surface area contributed by atoms with Gasteiger partial charge in [0.1, 0.15) is 6.04 Å². The number of methoxy groups -OCH3 is 1. The minimum Gasteiger partial charge on any atom is -0.468 e. The van der Waals surface area contributed by atoms with E-state index in [9.17, 15) is 4.79 Å². The van der Waals surface area contributed by atoms with Gasteiger partial charge in [0.05, 0.1) is 13.7 Å². The molecule has 0 radical (unpaired) electrons. The lowest BCUT2D eigenvalue weighted by Crippen LogP contribution is -2.43. The van der Waals surface area contributed by atoms with Crippen LogP contribution in [0.5, 0.6) is 0 Å². The van der Waals surface area contributed by atoms with Crippen molar-refractivity contribution in [1.82, 2.24) is 5.32 Å². The summed E-state index contributed by atoms with van der Waals surface area (Å²) in [5, 5.41) is 6.24. The van der Waals surface area contributed by atoms with Crippen LogP contribution in [0.3, 0.4) is 0 Å². The van der Waals surface area contributed by atoms with Crippen molar-refractivity contribution in [3.8, 4) is 0 Å². The predicted octanol–water partition coefficient (Wildman–Crippen LogP) is 0.836. The zero-order valence-electron chi connectivity index (χ0n) is 8.02. The standard InChI is InChI=1S/C7H14N4O2/c1-5(2)10-6(4-9-11-8)7(12)13-3/h5-6,10H,4H2,1-3H3. The monoisotopic (exact) mass is 186 g/mol. The molecule has 1 atom stereocenters. The van der Waals surface area contributed by atoms with E-state index in [1.54, 1.807) is 0 Å². The Hall–Kier alpha value is -1.26. The molecule has 0 aromatic rings. The third-order valence-electron chi connectivity index (χ3n) is 1.35. The van der Waals surface area contributed by atoms with Crippen molar-refractivity contribution in [1.29, 1.82) is 0 Å². The Morgan fingerprint density at radius 1 is 1.69 bits per heavy atom. The largest absolute Gasteiger partial charge is 0.468 e. The Labute approximate surface area is 76.9 Å². The van der Waals surface area contributed by atoms with Crippen LogP contribution < -0.4 is 5.32 Å². The van der Waals surface area contributed by atoms with Gasteiger partial charge in [0, 0.05) is 11.0 Å². The van der Waals surface area contributed by atoms with Crippen molar-refractivity contribution in [2.24, 2.45) is 5.11 Å². The lowest BCUT2D eigenvalue weighted by molar-refractivity contribution is -0.143. The van der Waals surface area contributed by atoms with E-state index >= 15 is 0 Å². The summed E-state index contributed by atoms with van der Waals surface area (Å²) in [5.74, 6) is -0.416. The van der Waals surface area contributed by atoms with Gasteiger partial charge in [-0.15, -0.1) is 0 Å². The number of nitrogens with zero attached hydrogens (tertiary/aromatic N) is 3. The summed E-state index contributed by atoms with van der Waals surface area (Å²) in [7, 11) is 1.30. The fraction of sp³-hybridized carbons (Fsp3) is 0.857. The molecular formula is C7H14N4O2. The topological polar surface area (TPSA) is 87.1 Å². The number of ether oxygens (including phenoxy) is 1. The first-order chi connectivity index (χ1) is 6.11. The molecule has 0 aliphatic heterocycles. The second-order valence-electron chi connectivity index (χ2n) is 2.81. The van der Waals surface area contributed by atoms with Gasteiger partial charge in [-0.3, -0.25) is 4.79 Å². The summed E-state index contributed by atoms with van der Waals surface area (Å²) in [5.41, 5.74) is 8.08. The molecule has 0 rings (SSSR count). The zero-order chi connectivity index (χ0) is 10.3. The average molecular weight is 186 g/mol. The molecule has 0 aromatic heterocycles. The highest BCUT2D eigenvalue weighted by Crippen LogP contribution is 1.92. The maximum atomic E-state index is 11.1. The van der Waals surface area contributed by atoms with Gasteiger partial charge >= 0.3 is 5.97 Å².